The fourth-order valence-corrected chi connectivity index (χ4v) is 4.35. The molecule has 8 heteroatoms. The average molecular weight is 443 g/mol. The summed E-state index contributed by atoms with van der Waals surface area (Å²) in [5.41, 5.74) is 0.820. The number of hydrogen-bond donors (Lipinski definition) is 1. The smallest absolute Gasteiger partial charge is 0.264 e. The number of nitrogens with zero attached hydrogens (tertiary/aromatic N) is 1. The van der Waals surface area contributed by atoms with Crippen LogP contribution in [0.4, 0.5) is 5.69 Å². The van der Waals surface area contributed by atoms with Gasteiger partial charge >= 0.3 is 0 Å². The molecular weight excluding hydrogens is 416 g/mol. The van der Waals surface area contributed by atoms with Crippen molar-refractivity contribution in [3.63, 3.8) is 0 Å². The number of benzene rings is 2. The van der Waals surface area contributed by atoms with Crippen molar-refractivity contribution < 1.29 is 22.4 Å². The van der Waals surface area contributed by atoms with E-state index >= 15 is 0 Å². The molecule has 1 unspecified atom stereocenters. The molecule has 1 heterocycles. The fraction of sp³-hybridized carbons (Fsp3) is 0.261. The van der Waals surface area contributed by atoms with Gasteiger partial charge in [0.1, 0.15) is 11.5 Å². The maximum atomic E-state index is 13.0. The minimum Gasteiger partial charge on any atom is -0.495 e. The van der Waals surface area contributed by atoms with Crippen molar-refractivity contribution in [3.8, 4) is 5.75 Å². The van der Waals surface area contributed by atoms with E-state index < -0.39 is 10.0 Å². The first-order valence-corrected chi connectivity index (χ1v) is 11.3. The lowest BCUT2D eigenvalue weighted by atomic mass is 10.1. The molecule has 0 aliphatic rings. The number of ether oxygens (including phenoxy) is 1. The van der Waals surface area contributed by atoms with E-state index in [9.17, 15) is 13.2 Å². The molecule has 1 aromatic heterocycles. The summed E-state index contributed by atoms with van der Waals surface area (Å²) in [6.07, 6.45) is 3.08. The number of methoxy groups -OCH3 is 1. The molecular formula is C23H26N2O5S. The lowest BCUT2D eigenvalue weighted by Gasteiger charge is -2.21. The van der Waals surface area contributed by atoms with Crippen molar-refractivity contribution in [1.29, 1.82) is 0 Å². The number of para-hydroxylation sites is 2. The molecule has 0 radical (unpaired) electrons. The first-order valence-electron chi connectivity index (χ1n) is 9.88. The summed E-state index contributed by atoms with van der Waals surface area (Å²) in [6, 6.07) is 16.4. The Morgan fingerprint density at radius 3 is 2.45 bits per heavy atom. The van der Waals surface area contributed by atoms with Gasteiger partial charge in [-0.15, -0.1) is 0 Å². The van der Waals surface area contributed by atoms with Crippen LogP contribution in [0, 0.1) is 0 Å². The van der Waals surface area contributed by atoms with Crippen molar-refractivity contribution in [1.82, 2.24) is 5.32 Å². The summed E-state index contributed by atoms with van der Waals surface area (Å²) < 4.78 is 37.8. The van der Waals surface area contributed by atoms with Crippen molar-refractivity contribution in [2.45, 2.75) is 30.7 Å². The molecule has 0 saturated heterocycles. The molecule has 0 aliphatic heterocycles. The number of amides is 1. The van der Waals surface area contributed by atoms with Gasteiger partial charge in [-0.1, -0.05) is 12.1 Å². The minimum atomic E-state index is -3.81. The fourth-order valence-electron chi connectivity index (χ4n) is 3.15. The van der Waals surface area contributed by atoms with Gasteiger partial charge < -0.3 is 14.5 Å². The van der Waals surface area contributed by atoms with Crippen molar-refractivity contribution in [3.05, 3.63) is 78.3 Å². The van der Waals surface area contributed by atoms with Crippen LogP contribution in [0.2, 0.25) is 0 Å². The van der Waals surface area contributed by atoms with Crippen LogP contribution in [0.5, 0.6) is 5.75 Å². The monoisotopic (exact) mass is 442 g/mol. The van der Waals surface area contributed by atoms with Gasteiger partial charge in [0.2, 0.25) is 0 Å². The number of sulfonamides is 1. The molecule has 1 amide bonds. The van der Waals surface area contributed by atoms with E-state index in [0.29, 0.717) is 17.0 Å². The third-order valence-corrected chi connectivity index (χ3v) is 6.77. The van der Waals surface area contributed by atoms with Gasteiger partial charge in [-0.3, -0.25) is 9.10 Å². The highest BCUT2D eigenvalue weighted by molar-refractivity contribution is 7.92. The molecule has 1 N–H and O–H groups in total. The Morgan fingerprint density at radius 2 is 1.81 bits per heavy atom. The van der Waals surface area contributed by atoms with Gasteiger partial charge in [0, 0.05) is 25.1 Å². The Kier molecular flexibility index (Phi) is 7.02. The van der Waals surface area contributed by atoms with Gasteiger partial charge in [-0.2, -0.15) is 0 Å². The number of furan rings is 1. The zero-order valence-electron chi connectivity index (χ0n) is 17.7. The predicted octanol–water partition coefficient (Wildman–Crippen LogP) is 3.86. The van der Waals surface area contributed by atoms with Crippen LogP contribution in [0.3, 0.4) is 0 Å². The number of rotatable bonds is 9. The van der Waals surface area contributed by atoms with Crippen LogP contribution in [-0.4, -0.2) is 34.5 Å². The molecule has 164 valence electrons. The molecule has 1 atom stereocenters. The first-order chi connectivity index (χ1) is 14.8. The third kappa shape index (κ3) is 5.27. The Morgan fingerprint density at radius 1 is 1.10 bits per heavy atom. The van der Waals surface area contributed by atoms with Gasteiger partial charge in [0.05, 0.1) is 24.0 Å². The largest absolute Gasteiger partial charge is 0.495 e. The van der Waals surface area contributed by atoms with Gasteiger partial charge in [0.15, 0.2) is 0 Å². The summed E-state index contributed by atoms with van der Waals surface area (Å²) in [4.78, 5) is 12.6. The molecule has 3 rings (SSSR count). The molecule has 2 aromatic carbocycles. The maximum Gasteiger partial charge on any atom is 0.264 e. The average Bonchev–Trinajstić information content (AvgIpc) is 3.31. The Balaban J connectivity index is 1.67. The lowest BCUT2D eigenvalue weighted by molar-refractivity contribution is 0.0938. The molecule has 0 saturated carbocycles. The van der Waals surface area contributed by atoms with E-state index in [0.717, 1.165) is 22.9 Å². The Bertz CT molecular complexity index is 1110. The van der Waals surface area contributed by atoms with Crippen LogP contribution in [-0.2, 0) is 16.4 Å². The highest BCUT2D eigenvalue weighted by atomic mass is 32.2. The highest BCUT2D eigenvalue weighted by Crippen LogP contribution is 2.30. The Labute approximate surface area is 182 Å². The number of carbonyl (C=O) groups is 1. The summed E-state index contributed by atoms with van der Waals surface area (Å²) in [7, 11) is -0.857. The van der Waals surface area contributed by atoms with E-state index in [1.54, 1.807) is 30.5 Å². The van der Waals surface area contributed by atoms with E-state index in [4.69, 9.17) is 9.15 Å². The van der Waals surface area contributed by atoms with Crippen molar-refractivity contribution in [2.75, 3.05) is 18.5 Å². The molecule has 31 heavy (non-hydrogen) atoms. The number of nitrogens with one attached hydrogen (secondary N) is 1. The molecule has 0 fully saturated rings. The summed E-state index contributed by atoms with van der Waals surface area (Å²) in [6.45, 7) is 1.92. The van der Waals surface area contributed by atoms with Crippen LogP contribution < -0.4 is 14.4 Å². The molecule has 0 aliphatic carbocycles. The Hall–Kier alpha value is -3.26. The molecule has 0 spiro atoms. The number of hydrogen-bond acceptors (Lipinski definition) is 5. The van der Waals surface area contributed by atoms with Crippen molar-refractivity contribution >= 4 is 21.6 Å². The SMILES string of the molecule is COc1ccccc1N(C)S(=O)(=O)c1ccc(C(=O)NC(C)CCc2ccco2)cc1. The van der Waals surface area contributed by atoms with Gasteiger partial charge in [-0.05, 0) is 61.9 Å². The standard InChI is InChI=1S/C23H26N2O5S/c1-17(10-13-19-7-6-16-30-19)24-23(26)18-11-14-20(15-12-18)31(27,28)25(2)21-8-4-5-9-22(21)29-3/h4-9,11-12,14-17H,10,13H2,1-3H3,(H,24,26). The van der Waals surface area contributed by atoms with Gasteiger partial charge in [0.25, 0.3) is 15.9 Å². The third-order valence-electron chi connectivity index (χ3n) is 4.98. The zero-order chi connectivity index (χ0) is 22.4. The van der Waals surface area contributed by atoms with Crippen LogP contribution in [0.15, 0.2) is 76.2 Å². The number of carbonyl (C=O) groups excluding carboxylic acids is 1. The quantitative estimate of drug-likeness (QED) is 0.544. The summed E-state index contributed by atoms with van der Waals surface area (Å²) in [5.74, 6) is 1.07. The second-order valence-corrected chi connectivity index (χ2v) is 9.13. The molecule has 7 nitrogen and oxygen atoms in total. The molecule has 3 aromatic rings. The van der Waals surface area contributed by atoms with E-state index in [1.165, 1.54) is 38.4 Å². The van der Waals surface area contributed by atoms with E-state index in [2.05, 4.69) is 5.32 Å². The van der Waals surface area contributed by atoms with Crippen LogP contribution in [0.25, 0.3) is 0 Å². The number of anilines is 1. The number of aryl methyl sites for hydroxylation is 1. The van der Waals surface area contributed by atoms with Crippen molar-refractivity contribution in [2.24, 2.45) is 0 Å². The second kappa shape index (κ2) is 9.70. The van der Waals surface area contributed by atoms with Crippen LogP contribution in [0.1, 0.15) is 29.5 Å². The normalized spacial score (nSPS) is 12.2. The summed E-state index contributed by atoms with van der Waals surface area (Å²) >= 11 is 0. The maximum absolute atomic E-state index is 13.0. The minimum absolute atomic E-state index is 0.0577. The lowest BCUT2D eigenvalue weighted by Crippen LogP contribution is -2.33. The second-order valence-electron chi connectivity index (χ2n) is 7.16. The first kappa shape index (κ1) is 22.4. The van der Waals surface area contributed by atoms with Gasteiger partial charge in [-0.25, -0.2) is 8.42 Å². The van der Waals surface area contributed by atoms with E-state index in [-0.39, 0.29) is 16.8 Å². The predicted molar refractivity (Wildman–Crippen MR) is 119 cm³/mol. The van der Waals surface area contributed by atoms with E-state index in [1.807, 2.05) is 19.1 Å². The highest BCUT2D eigenvalue weighted by Gasteiger charge is 2.24. The zero-order valence-corrected chi connectivity index (χ0v) is 18.6. The molecule has 0 bridgehead atoms. The van der Waals surface area contributed by atoms with Crippen LogP contribution >= 0.6 is 0 Å². The topological polar surface area (TPSA) is 88.8 Å². The summed E-state index contributed by atoms with van der Waals surface area (Å²) in [5, 5.41) is 2.92.